The van der Waals surface area contributed by atoms with Gasteiger partial charge in [-0.25, -0.2) is 13.2 Å². The van der Waals surface area contributed by atoms with Gasteiger partial charge in [-0.05, 0) is 46.5 Å². The first kappa shape index (κ1) is 25.7. The average molecular weight is 482 g/mol. The van der Waals surface area contributed by atoms with E-state index in [1.165, 1.54) is 23.6 Å². The summed E-state index contributed by atoms with van der Waals surface area (Å²) >= 11 is 0. The maximum atomic E-state index is 13.7. The van der Waals surface area contributed by atoms with Crippen molar-refractivity contribution >= 4 is 21.9 Å². The summed E-state index contributed by atoms with van der Waals surface area (Å²) in [4.78, 5) is 25.7. The highest BCUT2D eigenvalue weighted by Crippen LogP contribution is 2.32. The normalized spacial score (nSPS) is 21.3. The topological polar surface area (TPSA) is 97.7 Å². The lowest BCUT2D eigenvalue weighted by atomic mass is 9.94. The zero-order valence-corrected chi connectivity index (χ0v) is 21.3. The van der Waals surface area contributed by atoms with E-state index in [1.807, 2.05) is 0 Å². The summed E-state index contributed by atoms with van der Waals surface area (Å²) in [6.07, 6.45) is 9.20. The summed E-state index contributed by atoms with van der Waals surface area (Å²) in [5, 5.41) is 3.20. The number of sulfonamides is 1. The molecule has 1 aromatic heterocycles. The largest absolute Gasteiger partial charge is 0.462 e. The molecule has 2 heterocycles. The van der Waals surface area contributed by atoms with E-state index in [4.69, 9.17) is 4.74 Å². The number of esters is 1. The van der Waals surface area contributed by atoms with Crippen LogP contribution in [0.2, 0.25) is 0 Å². The molecule has 1 N–H and O–H groups in total. The number of carbonyl (C=O) groups excluding carboxylic acids is 2. The van der Waals surface area contributed by atoms with Gasteiger partial charge in [0.05, 0.1) is 12.5 Å². The third-order valence-electron chi connectivity index (χ3n) is 7.21. The quantitative estimate of drug-likeness (QED) is 0.628. The molecule has 1 aliphatic heterocycles. The Labute approximate surface area is 198 Å². The van der Waals surface area contributed by atoms with Gasteiger partial charge in [-0.3, -0.25) is 4.79 Å². The van der Waals surface area contributed by atoms with Gasteiger partial charge in [-0.15, -0.1) is 0 Å². The van der Waals surface area contributed by atoms with Crippen LogP contribution in [0.3, 0.4) is 0 Å². The Balaban J connectivity index is 1.80. The molecule has 1 atom stereocenters. The predicted octanol–water partition coefficient (Wildman–Crippen LogP) is 3.45. The van der Waals surface area contributed by atoms with Crippen molar-refractivity contribution in [3.8, 4) is 0 Å². The lowest BCUT2D eigenvalue weighted by molar-refractivity contribution is -0.126. The summed E-state index contributed by atoms with van der Waals surface area (Å²) in [7, 11) is -2.22. The fourth-order valence-electron chi connectivity index (χ4n) is 5.10. The van der Waals surface area contributed by atoms with Gasteiger partial charge in [-0.2, -0.15) is 4.31 Å². The molecule has 0 spiro atoms. The third-order valence-corrected chi connectivity index (χ3v) is 9.23. The van der Waals surface area contributed by atoms with Gasteiger partial charge in [0.15, 0.2) is 0 Å². The molecule has 0 bridgehead atoms. The molecule has 186 valence electrons. The van der Waals surface area contributed by atoms with Crippen LogP contribution in [-0.4, -0.2) is 54.9 Å². The standard InChI is InChI=1S/C24H39N3O5S/c1-5-32-24(29)21-17(2)26(4)18(3)22(21)33(30,31)27-15-11-12-19(16-27)23(28)25-20-13-9-7-6-8-10-14-20/h19-20H,5-16H2,1-4H3,(H,25,28)/t19-/m0/s1. The second-order valence-corrected chi connectivity index (χ2v) is 11.3. The number of hydrogen-bond acceptors (Lipinski definition) is 5. The molecule has 1 saturated carbocycles. The molecule has 2 aliphatic rings. The summed E-state index contributed by atoms with van der Waals surface area (Å²) in [5.41, 5.74) is 1.15. The fraction of sp³-hybridized carbons (Fsp3) is 0.750. The number of carbonyl (C=O) groups is 2. The van der Waals surface area contributed by atoms with Crippen LogP contribution in [0.25, 0.3) is 0 Å². The summed E-state index contributed by atoms with van der Waals surface area (Å²) < 4.78 is 35.7. The first-order valence-corrected chi connectivity index (χ1v) is 13.8. The summed E-state index contributed by atoms with van der Waals surface area (Å²) in [6.45, 7) is 5.76. The lowest BCUT2D eigenvalue weighted by Crippen LogP contribution is -2.47. The smallest absolute Gasteiger partial charge is 0.341 e. The minimum Gasteiger partial charge on any atom is -0.462 e. The van der Waals surface area contributed by atoms with Crippen molar-refractivity contribution in [2.24, 2.45) is 13.0 Å². The Morgan fingerprint density at radius 2 is 1.64 bits per heavy atom. The molecule has 33 heavy (non-hydrogen) atoms. The monoisotopic (exact) mass is 481 g/mol. The van der Waals surface area contributed by atoms with Crippen molar-refractivity contribution in [2.45, 2.75) is 89.5 Å². The highest BCUT2D eigenvalue weighted by Gasteiger charge is 2.39. The average Bonchev–Trinajstić information content (AvgIpc) is 3.00. The Hall–Kier alpha value is -1.87. The molecular weight excluding hydrogens is 442 g/mol. The molecule has 0 radical (unpaired) electrons. The molecule has 1 aliphatic carbocycles. The predicted molar refractivity (Wildman–Crippen MR) is 127 cm³/mol. The molecular formula is C24H39N3O5S. The highest BCUT2D eigenvalue weighted by atomic mass is 32.2. The molecule has 1 aromatic rings. The van der Waals surface area contributed by atoms with Gasteiger partial charge < -0.3 is 14.6 Å². The molecule has 1 amide bonds. The van der Waals surface area contributed by atoms with Crippen LogP contribution < -0.4 is 5.32 Å². The van der Waals surface area contributed by atoms with Crippen LogP contribution in [0.5, 0.6) is 0 Å². The van der Waals surface area contributed by atoms with Crippen LogP contribution in [-0.2, 0) is 26.6 Å². The first-order valence-electron chi connectivity index (χ1n) is 12.3. The SMILES string of the molecule is CCOC(=O)c1c(S(=O)(=O)N2CCC[C@H](C(=O)NC3CCCCCCC3)C2)c(C)n(C)c1C. The second kappa shape index (κ2) is 11.0. The van der Waals surface area contributed by atoms with E-state index in [2.05, 4.69) is 5.32 Å². The van der Waals surface area contributed by atoms with Crippen molar-refractivity contribution in [1.82, 2.24) is 14.2 Å². The Kier molecular flexibility index (Phi) is 8.61. The van der Waals surface area contributed by atoms with Crippen LogP contribution in [0.15, 0.2) is 4.90 Å². The van der Waals surface area contributed by atoms with E-state index >= 15 is 0 Å². The molecule has 3 rings (SSSR count). The maximum absolute atomic E-state index is 13.7. The number of piperidine rings is 1. The van der Waals surface area contributed by atoms with E-state index in [1.54, 1.807) is 32.4 Å². The molecule has 0 aromatic carbocycles. The molecule has 0 unspecified atom stereocenters. The van der Waals surface area contributed by atoms with Crippen LogP contribution >= 0.6 is 0 Å². The highest BCUT2D eigenvalue weighted by molar-refractivity contribution is 7.89. The Morgan fingerprint density at radius 1 is 1.00 bits per heavy atom. The van der Waals surface area contributed by atoms with E-state index in [0.717, 1.165) is 25.7 Å². The summed E-state index contributed by atoms with van der Waals surface area (Å²) in [5.74, 6) is -1.06. The van der Waals surface area contributed by atoms with E-state index < -0.39 is 16.0 Å². The molecule has 8 nitrogen and oxygen atoms in total. The van der Waals surface area contributed by atoms with Gasteiger partial charge in [0.25, 0.3) is 0 Å². The second-order valence-electron chi connectivity index (χ2n) is 9.41. The van der Waals surface area contributed by atoms with Crippen molar-refractivity contribution in [1.29, 1.82) is 0 Å². The lowest BCUT2D eigenvalue weighted by Gasteiger charge is -2.32. The maximum Gasteiger partial charge on any atom is 0.341 e. The van der Waals surface area contributed by atoms with Crippen LogP contribution in [0.4, 0.5) is 0 Å². The van der Waals surface area contributed by atoms with E-state index in [9.17, 15) is 18.0 Å². The number of hydrogen-bond donors (Lipinski definition) is 1. The van der Waals surface area contributed by atoms with Crippen molar-refractivity contribution in [3.63, 3.8) is 0 Å². The van der Waals surface area contributed by atoms with Gasteiger partial charge in [-0.1, -0.05) is 32.1 Å². The molecule has 2 fully saturated rings. The van der Waals surface area contributed by atoms with E-state index in [-0.39, 0.29) is 41.5 Å². The molecule has 9 heteroatoms. The zero-order chi connectivity index (χ0) is 24.2. The molecule has 1 saturated heterocycles. The summed E-state index contributed by atoms with van der Waals surface area (Å²) in [6, 6.07) is 0.180. The minimum atomic E-state index is -3.97. The van der Waals surface area contributed by atoms with E-state index in [0.29, 0.717) is 30.8 Å². The van der Waals surface area contributed by atoms with Gasteiger partial charge in [0.1, 0.15) is 10.5 Å². The number of ether oxygens (including phenoxy) is 1. The van der Waals surface area contributed by atoms with Gasteiger partial charge in [0.2, 0.25) is 15.9 Å². The number of nitrogens with one attached hydrogen (secondary N) is 1. The zero-order valence-electron chi connectivity index (χ0n) is 20.5. The van der Waals surface area contributed by atoms with Gasteiger partial charge >= 0.3 is 5.97 Å². The third kappa shape index (κ3) is 5.62. The van der Waals surface area contributed by atoms with Crippen molar-refractivity contribution < 1.29 is 22.7 Å². The number of amides is 1. The minimum absolute atomic E-state index is 0.00188. The number of nitrogens with zero attached hydrogens (tertiary/aromatic N) is 2. The number of aromatic nitrogens is 1. The van der Waals surface area contributed by atoms with Crippen molar-refractivity contribution in [2.75, 3.05) is 19.7 Å². The fourth-order valence-corrected chi connectivity index (χ4v) is 7.10. The van der Waals surface area contributed by atoms with Crippen molar-refractivity contribution in [3.05, 3.63) is 17.0 Å². The Bertz CT molecular complexity index is 961. The Morgan fingerprint density at radius 3 is 2.27 bits per heavy atom. The van der Waals surface area contributed by atoms with Crippen LogP contribution in [0, 0.1) is 19.8 Å². The van der Waals surface area contributed by atoms with Gasteiger partial charge in [0, 0.05) is 37.6 Å². The van der Waals surface area contributed by atoms with Crippen LogP contribution in [0.1, 0.15) is 86.5 Å². The first-order chi connectivity index (χ1) is 15.7. The number of rotatable bonds is 6.